The van der Waals surface area contributed by atoms with Crippen LogP contribution in [0.4, 0.5) is 4.39 Å². The normalized spacial score (nSPS) is 11.0. The van der Waals surface area contributed by atoms with Crippen molar-refractivity contribution in [1.82, 2.24) is 0 Å². The molecule has 5 heteroatoms. The molecule has 0 aromatic heterocycles. The third-order valence-electron chi connectivity index (χ3n) is 3.25. The van der Waals surface area contributed by atoms with Gasteiger partial charge in [-0.15, -0.1) is 0 Å². The number of ether oxygens (including phenoxy) is 2. The predicted octanol–water partition coefficient (Wildman–Crippen LogP) is 5.34. The van der Waals surface area contributed by atoms with Gasteiger partial charge in [0.05, 0.1) is 29.9 Å². The molecule has 0 unspecified atom stereocenters. The number of allylic oxidation sites excluding steroid dienone is 1. The highest BCUT2D eigenvalue weighted by atomic mass is 35.5. The zero-order valence-corrected chi connectivity index (χ0v) is 14.2. The Kier molecular flexibility index (Phi) is 6.22. The molecular formula is C19H17ClFNO2. The van der Waals surface area contributed by atoms with E-state index in [-0.39, 0.29) is 11.1 Å². The van der Waals surface area contributed by atoms with E-state index in [0.29, 0.717) is 35.3 Å². The maximum Gasteiger partial charge on any atom is 0.162 e. The van der Waals surface area contributed by atoms with Crippen molar-refractivity contribution in [3.8, 4) is 17.6 Å². The van der Waals surface area contributed by atoms with Gasteiger partial charge >= 0.3 is 0 Å². The van der Waals surface area contributed by atoms with Crippen molar-refractivity contribution in [3.05, 3.63) is 58.4 Å². The van der Waals surface area contributed by atoms with Gasteiger partial charge in [0.15, 0.2) is 11.5 Å². The van der Waals surface area contributed by atoms with E-state index >= 15 is 0 Å². The van der Waals surface area contributed by atoms with Crippen LogP contribution in [0, 0.1) is 17.1 Å². The molecule has 0 saturated carbocycles. The monoisotopic (exact) mass is 345 g/mol. The Hall–Kier alpha value is -2.51. The smallest absolute Gasteiger partial charge is 0.162 e. The Morgan fingerprint density at radius 3 is 2.38 bits per heavy atom. The summed E-state index contributed by atoms with van der Waals surface area (Å²) >= 11 is 6.28. The quantitative estimate of drug-likeness (QED) is 0.524. The summed E-state index contributed by atoms with van der Waals surface area (Å²) in [4.78, 5) is 0. The third-order valence-corrected chi connectivity index (χ3v) is 3.57. The summed E-state index contributed by atoms with van der Waals surface area (Å²) in [5, 5.41) is 9.78. The Balaban J connectivity index is 2.52. The molecule has 0 aliphatic heterocycles. The zero-order valence-electron chi connectivity index (χ0n) is 13.5. The summed E-state index contributed by atoms with van der Waals surface area (Å²) in [5.74, 6) is 0.601. The molecule has 0 heterocycles. The second-order valence-electron chi connectivity index (χ2n) is 4.84. The van der Waals surface area contributed by atoms with Crippen molar-refractivity contribution in [2.75, 3.05) is 13.2 Å². The first-order valence-electron chi connectivity index (χ1n) is 7.56. The molecule has 3 nitrogen and oxygen atoms in total. The highest BCUT2D eigenvalue weighted by molar-refractivity contribution is 6.32. The van der Waals surface area contributed by atoms with Crippen molar-refractivity contribution >= 4 is 23.3 Å². The number of halogens is 2. The van der Waals surface area contributed by atoms with Gasteiger partial charge in [0.25, 0.3) is 0 Å². The molecule has 0 aliphatic rings. The third kappa shape index (κ3) is 4.06. The topological polar surface area (TPSA) is 42.2 Å². The van der Waals surface area contributed by atoms with E-state index in [4.69, 9.17) is 21.1 Å². The summed E-state index contributed by atoms with van der Waals surface area (Å²) in [6.45, 7) is 4.66. The number of rotatable bonds is 6. The van der Waals surface area contributed by atoms with Crippen molar-refractivity contribution in [3.63, 3.8) is 0 Å². The van der Waals surface area contributed by atoms with Crippen LogP contribution in [0.15, 0.2) is 36.4 Å². The fraction of sp³-hybridized carbons (Fsp3) is 0.211. The van der Waals surface area contributed by atoms with Crippen LogP contribution >= 0.6 is 11.6 Å². The van der Waals surface area contributed by atoms with Crippen LogP contribution in [-0.4, -0.2) is 13.2 Å². The predicted molar refractivity (Wildman–Crippen MR) is 93.7 cm³/mol. The van der Waals surface area contributed by atoms with Crippen molar-refractivity contribution in [2.45, 2.75) is 13.8 Å². The van der Waals surface area contributed by atoms with E-state index in [9.17, 15) is 9.65 Å². The molecule has 0 saturated heterocycles. The molecule has 124 valence electrons. The van der Waals surface area contributed by atoms with E-state index in [0.717, 1.165) is 0 Å². The van der Waals surface area contributed by atoms with Gasteiger partial charge in [-0.2, -0.15) is 5.26 Å². The lowest BCUT2D eigenvalue weighted by atomic mass is 10.0. The number of benzene rings is 2. The molecule has 2 aromatic rings. The largest absolute Gasteiger partial charge is 0.490 e. The van der Waals surface area contributed by atoms with Crippen LogP contribution in [0.5, 0.6) is 11.5 Å². The first-order valence-corrected chi connectivity index (χ1v) is 7.94. The maximum absolute atomic E-state index is 13.9. The molecule has 0 radical (unpaired) electrons. The Morgan fingerprint density at radius 2 is 1.79 bits per heavy atom. The minimum Gasteiger partial charge on any atom is -0.490 e. The molecule has 0 amide bonds. The van der Waals surface area contributed by atoms with E-state index in [1.165, 1.54) is 6.07 Å². The molecule has 0 fully saturated rings. The highest BCUT2D eigenvalue weighted by Crippen LogP contribution is 2.35. The zero-order chi connectivity index (χ0) is 17.5. The molecular weight excluding hydrogens is 329 g/mol. The van der Waals surface area contributed by atoms with Crippen LogP contribution in [0.1, 0.15) is 25.0 Å². The molecule has 0 atom stereocenters. The van der Waals surface area contributed by atoms with Gasteiger partial charge in [-0.25, -0.2) is 4.39 Å². The number of hydrogen-bond donors (Lipinski definition) is 0. The second kappa shape index (κ2) is 8.37. The van der Waals surface area contributed by atoms with Crippen LogP contribution in [0.25, 0.3) is 11.6 Å². The lowest BCUT2D eigenvalue weighted by Gasteiger charge is -2.13. The van der Waals surface area contributed by atoms with Crippen LogP contribution in [-0.2, 0) is 0 Å². The van der Waals surface area contributed by atoms with Crippen molar-refractivity contribution in [2.24, 2.45) is 0 Å². The highest BCUT2D eigenvalue weighted by Gasteiger charge is 2.12. The summed E-state index contributed by atoms with van der Waals surface area (Å²) in [7, 11) is 0. The summed E-state index contributed by atoms with van der Waals surface area (Å²) in [5.41, 5.74) is 0.966. The lowest BCUT2D eigenvalue weighted by molar-refractivity contribution is 0.288. The second-order valence-corrected chi connectivity index (χ2v) is 5.24. The molecule has 2 aromatic carbocycles. The average Bonchev–Trinajstić information content (AvgIpc) is 2.57. The van der Waals surface area contributed by atoms with E-state index < -0.39 is 5.82 Å². The molecule has 0 bridgehead atoms. The van der Waals surface area contributed by atoms with Crippen molar-refractivity contribution < 1.29 is 13.9 Å². The van der Waals surface area contributed by atoms with Crippen LogP contribution in [0.3, 0.4) is 0 Å². The molecule has 0 spiro atoms. The van der Waals surface area contributed by atoms with E-state index in [1.54, 1.807) is 36.4 Å². The fourth-order valence-electron chi connectivity index (χ4n) is 2.20. The Morgan fingerprint density at radius 1 is 1.17 bits per heavy atom. The number of hydrogen-bond acceptors (Lipinski definition) is 3. The van der Waals surface area contributed by atoms with E-state index in [2.05, 4.69) is 0 Å². The number of nitriles is 1. The molecule has 24 heavy (non-hydrogen) atoms. The number of nitrogens with zero attached hydrogens (tertiary/aromatic N) is 1. The molecule has 0 N–H and O–H groups in total. The average molecular weight is 346 g/mol. The molecule has 0 aliphatic carbocycles. The van der Waals surface area contributed by atoms with Crippen LogP contribution in [0.2, 0.25) is 5.02 Å². The van der Waals surface area contributed by atoms with Gasteiger partial charge < -0.3 is 9.47 Å². The van der Waals surface area contributed by atoms with Crippen LogP contribution < -0.4 is 9.47 Å². The van der Waals surface area contributed by atoms with Gasteiger partial charge in [-0.1, -0.05) is 29.8 Å². The summed E-state index contributed by atoms with van der Waals surface area (Å²) in [6.07, 6.45) is 1.54. The SMILES string of the molecule is CCOc1cc(Cl)c(C=C(C#N)c2ccccc2F)cc1OCC. The Labute approximate surface area is 145 Å². The summed E-state index contributed by atoms with van der Waals surface area (Å²) < 4.78 is 25.0. The minimum atomic E-state index is -0.461. The minimum absolute atomic E-state index is 0.182. The van der Waals surface area contributed by atoms with E-state index in [1.807, 2.05) is 19.9 Å². The lowest BCUT2D eigenvalue weighted by Crippen LogP contribution is -1.99. The first kappa shape index (κ1) is 17.8. The molecule has 2 rings (SSSR count). The van der Waals surface area contributed by atoms with Gasteiger partial charge in [-0.05, 0) is 37.6 Å². The van der Waals surface area contributed by atoms with Gasteiger partial charge in [0, 0.05) is 11.6 Å². The van der Waals surface area contributed by atoms with Gasteiger partial charge in [0.1, 0.15) is 5.82 Å². The summed E-state index contributed by atoms with van der Waals surface area (Å²) in [6, 6.07) is 11.5. The maximum atomic E-state index is 13.9. The first-order chi connectivity index (χ1) is 11.6. The van der Waals surface area contributed by atoms with Gasteiger partial charge in [0.2, 0.25) is 0 Å². The Bertz CT molecular complexity index is 796. The van der Waals surface area contributed by atoms with Crippen molar-refractivity contribution in [1.29, 1.82) is 5.26 Å². The standard InChI is InChI=1S/C19H17ClFNO2/c1-3-23-18-10-13(16(20)11-19(18)24-4-2)9-14(12-22)15-7-5-6-8-17(15)21/h5-11H,3-4H2,1-2H3. The fourth-order valence-corrected chi connectivity index (χ4v) is 2.41. The van der Waals surface area contributed by atoms with Gasteiger partial charge in [-0.3, -0.25) is 0 Å².